The first-order valence-corrected chi connectivity index (χ1v) is 4.88. The number of rotatable bonds is 1. The summed E-state index contributed by atoms with van der Waals surface area (Å²) in [5.74, 6) is 0.0286. The largest absolute Gasteiger partial charge is 0.477 e. The number of para-hydroxylation sites is 1. The standard InChI is InChI=1S/C7H5O4PS/c8-7-5-3-1-2-4-6(5)9-12(10-7)11-13/h1-4,13H. The molecule has 1 aliphatic rings. The van der Waals surface area contributed by atoms with Crippen LogP contribution in [0.2, 0.25) is 0 Å². The lowest BCUT2D eigenvalue weighted by molar-refractivity contribution is 0.0701. The number of fused-ring (bicyclic) bond motifs is 1. The lowest BCUT2D eigenvalue weighted by Crippen LogP contribution is -2.11. The molecule has 0 N–H and O–H groups in total. The second kappa shape index (κ2) is 3.54. The Labute approximate surface area is 81.4 Å². The molecule has 0 spiro atoms. The van der Waals surface area contributed by atoms with Gasteiger partial charge in [0.2, 0.25) is 0 Å². The molecule has 1 aromatic carbocycles. The van der Waals surface area contributed by atoms with Crippen molar-refractivity contribution in [2.75, 3.05) is 0 Å². The lowest BCUT2D eigenvalue weighted by Gasteiger charge is -2.20. The van der Waals surface area contributed by atoms with Crippen LogP contribution in [0.5, 0.6) is 5.75 Å². The van der Waals surface area contributed by atoms with Crippen molar-refractivity contribution in [3.05, 3.63) is 29.8 Å². The summed E-state index contributed by atoms with van der Waals surface area (Å²) >= 11 is 3.52. The Morgan fingerprint density at radius 3 is 2.85 bits per heavy atom. The van der Waals surface area contributed by atoms with E-state index in [1.807, 2.05) is 0 Å². The second-order valence-electron chi connectivity index (χ2n) is 2.27. The molecule has 0 saturated carbocycles. The number of benzene rings is 1. The van der Waals surface area contributed by atoms with E-state index in [2.05, 4.69) is 16.9 Å². The van der Waals surface area contributed by atoms with E-state index in [9.17, 15) is 4.79 Å². The fraction of sp³-hybridized carbons (Fsp3) is 0. The van der Waals surface area contributed by atoms with Crippen molar-refractivity contribution >= 4 is 27.5 Å². The number of thiol groups is 1. The van der Waals surface area contributed by atoms with Crippen molar-refractivity contribution in [3.63, 3.8) is 0 Å². The molecule has 0 bridgehead atoms. The topological polar surface area (TPSA) is 44.8 Å². The van der Waals surface area contributed by atoms with E-state index < -0.39 is 14.6 Å². The van der Waals surface area contributed by atoms with Crippen molar-refractivity contribution in [2.45, 2.75) is 0 Å². The van der Waals surface area contributed by atoms with Crippen molar-refractivity contribution in [3.8, 4) is 5.75 Å². The molecule has 1 heterocycles. The first-order chi connectivity index (χ1) is 6.31. The minimum atomic E-state index is -1.68. The Hall–Kier alpha value is -0.770. The summed E-state index contributed by atoms with van der Waals surface area (Å²) in [6.07, 6.45) is 0. The number of hydrogen-bond donors (Lipinski definition) is 1. The Morgan fingerprint density at radius 2 is 2.08 bits per heavy atom. The van der Waals surface area contributed by atoms with Crippen LogP contribution in [0.4, 0.5) is 0 Å². The Kier molecular flexibility index (Phi) is 2.40. The first-order valence-electron chi connectivity index (χ1n) is 3.42. The number of carbonyl (C=O) groups is 1. The molecule has 1 unspecified atom stereocenters. The predicted octanol–water partition coefficient (Wildman–Crippen LogP) is 2.32. The van der Waals surface area contributed by atoms with E-state index in [1.54, 1.807) is 24.3 Å². The summed E-state index contributed by atoms with van der Waals surface area (Å²) in [6, 6.07) is 6.81. The highest BCUT2D eigenvalue weighted by Gasteiger charge is 2.29. The highest BCUT2D eigenvalue weighted by atomic mass is 32.1. The highest BCUT2D eigenvalue weighted by molar-refractivity contribution is 7.80. The molecule has 0 radical (unpaired) electrons. The smallest absolute Gasteiger partial charge is 0.416 e. The van der Waals surface area contributed by atoms with Gasteiger partial charge in [-0.1, -0.05) is 12.1 Å². The maximum absolute atomic E-state index is 11.3. The van der Waals surface area contributed by atoms with Crippen LogP contribution in [0.25, 0.3) is 0 Å². The van der Waals surface area contributed by atoms with Crippen molar-refractivity contribution in [1.29, 1.82) is 0 Å². The molecule has 1 atom stereocenters. The third-order valence-corrected chi connectivity index (χ3v) is 2.70. The van der Waals surface area contributed by atoms with Gasteiger partial charge in [-0.3, -0.25) is 0 Å². The summed E-state index contributed by atoms with van der Waals surface area (Å²) in [5, 5.41) is 0. The quantitative estimate of drug-likeness (QED) is 0.444. The van der Waals surface area contributed by atoms with Crippen LogP contribution >= 0.6 is 21.5 Å². The first kappa shape index (κ1) is 8.81. The fourth-order valence-electron chi connectivity index (χ4n) is 0.964. The Balaban J connectivity index is 2.37. The van der Waals surface area contributed by atoms with E-state index in [1.165, 1.54) is 0 Å². The molecule has 0 amide bonds. The lowest BCUT2D eigenvalue weighted by atomic mass is 10.2. The summed E-state index contributed by atoms with van der Waals surface area (Å²) in [5.41, 5.74) is 0.409. The third-order valence-electron chi connectivity index (χ3n) is 1.50. The van der Waals surface area contributed by atoms with Gasteiger partial charge in [0.15, 0.2) is 0 Å². The van der Waals surface area contributed by atoms with Gasteiger partial charge in [-0.2, -0.15) is 0 Å². The highest BCUT2D eigenvalue weighted by Crippen LogP contribution is 2.47. The molecular formula is C7H5O4PS. The normalized spacial score (nSPS) is 20.1. The molecule has 0 saturated heterocycles. The van der Waals surface area contributed by atoms with E-state index >= 15 is 0 Å². The van der Waals surface area contributed by atoms with Crippen molar-refractivity contribution in [1.82, 2.24) is 0 Å². The average molecular weight is 216 g/mol. The van der Waals surface area contributed by atoms with Crippen LogP contribution in [0.1, 0.15) is 10.4 Å². The number of hydrogen-bond acceptors (Lipinski definition) is 5. The Bertz CT molecular complexity index is 343. The predicted molar refractivity (Wildman–Crippen MR) is 49.5 cm³/mol. The van der Waals surface area contributed by atoms with Gasteiger partial charge >= 0.3 is 14.6 Å². The summed E-state index contributed by atoms with van der Waals surface area (Å²) in [7, 11) is -1.68. The third kappa shape index (κ3) is 1.63. The van der Waals surface area contributed by atoms with Crippen LogP contribution in [0.3, 0.4) is 0 Å². The van der Waals surface area contributed by atoms with Gasteiger partial charge in [0.25, 0.3) is 0 Å². The zero-order valence-electron chi connectivity index (χ0n) is 6.34. The molecule has 1 aromatic rings. The second-order valence-corrected chi connectivity index (χ2v) is 3.74. The molecule has 0 aliphatic carbocycles. The number of carbonyl (C=O) groups excluding carboxylic acids is 1. The van der Waals surface area contributed by atoms with Gasteiger partial charge < -0.3 is 9.05 Å². The fourth-order valence-corrected chi connectivity index (χ4v) is 1.82. The van der Waals surface area contributed by atoms with Gasteiger partial charge in [-0.15, -0.1) is 0 Å². The van der Waals surface area contributed by atoms with Gasteiger partial charge in [0, 0.05) is 0 Å². The van der Waals surface area contributed by atoms with E-state index in [0.29, 0.717) is 11.3 Å². The molecule has 68 valence electrons. The molecular weight excluding hydrogens is 211 g/mol. The van der Waals surface area contributed by atoms with Crippen LogP contribution in [-0.4, -0.2) is 5.97 Å². The summed E-state index contributed by atoms with van der Waals surface area (Å²) < 4.78 is 14.5. The maximum Gasteiger partial charge on any atom is 0.477 e. The molecule has 4 nitrogen and oxygen atoms in total. The molecule has 6 heteroatoms. The van der Waals surface area contributed by atoms with Crippen LogP contribution in [0, 0.1) is 0 Å². The minimum Gasteiger partial charge on any atom is -0.416 e. The van der Waals surface area contributed by atoms with Gasteiger partial charge in [0.1, 0.15) is 11.3 Å². The van der Waals surface area contributed by atoms with Crippen molar-refractivity contribution < 1.29 is 17.8 Å². The van der Waals surface area contributed by atoms with Crippen LogP contribution < -0.4 is 4.52 Å². The van der Waals surface area contributed by atoms with E-state index in [-0.39, 0.29) is 0 Å². The molecule has 1 aliphatic heterocycles. The SMILES string of the molecule is O=C1OP(OS)Oc2ccccc21. The van der Waals surface area contributed by atoms with Crippen molar-refractivity contribution in [2.24, 2.45) is 0 Å². The summed E-state index contributed by atoms with van der Waals surface area (Å²) in [6.45, 7) is 0. The molecule has 13 heavy (non-hydrogen) atoms. The molecule has 2 rings (SSSR count). The Morgan fingerprint density at radius 1 is 1.31 bits per heavy atom. The van der Waals surface area contributed by atoms with Gasteiger partial charge in [0.05, 0.1) is 0 Å². The molecule has 0 aromatic heterocycles. The van der Waals surface area contributed by atoms with Gasteiger partial charge in [-0.05, 0) is 25.0 Å². The zero-order chi connectivity index (χ0) is 9.26. The molecule has 0 fully saturated rings. The maximum atomic E-state index is 11.3. The summed E-state index contributed by atoms with van der Waals surface area (Å²) in [4.78, 5) is 11.3. The van der Waals surface area contributed by atoms with E-state index in [0.717, 1.165) is 0 Å². The zero-order valence-corrected chi connectivity index (χ0v) is 8.13. The van der Waals surface area contributed by atoms with Crippen LogP contribution in [0.15, 0.2) is 24.3 Å². The van der Waals surface area contributed by atoms with Gasteiger partial charge in [-0.25, -0.2) is 8.76 Å². The van der Waals surface area contributed by atoms with Crippen LogP contribution in [-0.2, 0) is 8.49 Å². The average Bonchev–Trinajstić information content (AvgIpc) is 2.18. The monoisotopic (exact) mass is 216 g/mol. The van der Waals surface area contributed by atoms with E-state index in [4.69, 9.17) is 9.05 Å². The minimum absolute atomic E-state index is 0.409.